The zero-order valence-corrected chi connectivity index (χ0v) is 11.3. The van der Waals surface area contributed by atoms with E-state index in [0.717, 1.165) is 17.1 Å². The van der Waals surface area contributed by atoms with Crippen LogP contribution in [0.2, 0.25) is 0 Å². The number of nitrogens with one attached hydrogen (secondary N) is 2. The molecule has 0 aliphatic rings. The molecule has 1 heterocycles. The van der Waals surface area contributed by atoms with E-state index in [1.807, 2.05) is 31.2 Å². The first-order valence-corrected chi connectivity index (χ1v) is 6.45. The number of amides is 1. The number of rotatable bonds is 6. The second-order valence-corrected chi connectivity index (χ2v) is 4.06. The first kappa shape index (κ1) is 13.9. The highest BCUT2D eigenvalue weighted by Crippen LogP contribution is 2.19. The number of hydrogen-bond donors (Lipinski definition) is 2. The monoisotopic (exact) mass is 271 g/mol. The second-order valence-electron chi connectivity index (χ2n) is 4.06. The van der Waals surface area contributed by atoms with Crippen LogP contribution in [0.3, 0.4) is 0 Å². The van der Waals surface area contributed by atoms with Crippen LogP contribution in [0, 0.1) is 0 Å². The van der Waals surface area contributed by atoms with E-state index in [-0.39, 0.29) is 5.91 Å². The van der Waals surface area contributed by atoms with E-state index in [9.17, 15) is 4.79 Å². The van der Waals surface area contributed by atoms with E-state index < -0.39 is 0 Å². The predicted octanol–water partition coefficient (Wildman–Crippen LogP) is 2.14. The minimum Gasteiger partial charge on any atom is -0.493 e. The number of benzene rings is 1. The Morgan fingerprint density at radius 2 is 2.30 bits per heavy atom. The molecule has 2 N–H and O–H groups in total. The number of carbonyl (C=O) groups excluding carboxylic acids is 1. The molecule has 5 heteroatoms. The van der Waals surface area contributed by atoms with Gasteiger partial charge >= 0.3 is 0 Å². The van der Waals surface area contributed by atoms with Crippen molar-refractivity contribution >= 4 is 12.0 Å². The Labute approximate surface area is 117 Å². The third kappa shape index (κ3) is 3.98. The number of aromatic amines is 1. The number of para-hydroxylation sites is 1. The molecule has 5 nitrogen and oxygen atoms in total. The van der Waals surface area contributed by atoms with Gasteiger partial charge in [0, 0.05) is 24.0 Å². The number of imidazole rings is 1. The molecule has 1 aromatic heterocycles. The van der Waals surface area contributed by atoms with Gasteiger partial charge in [0.15, 0.2) is 0 Å². The molecule has 104 valence electrons. The number of nitrogens with zero attached hydrogens (tertiary/aromatic N) is 1. The molecule has 1 aromatic carbocycles. The third-order valence-corrected chi connectivity index (χ3v) is 2.62. The number of hydrogen-bond acceptors (Lipinski definition) is 3. The first-order chi connectivity index (χ1) is 9.79. The predicted molar refractivity (Wildman–Crippen MR) is 77.1 cm³/mol. The molecule has 0 saturated heterocycles. The molecular formula is C15H17N3O2. The zero-order valence-electron chi connectivity index (χ0n) is 11.3. The van der Waals surface area contributed by atoms with Gasteiger partial charge < -0.3 is 15.0 Å². The van der Waals surface area contributed by atoms with Crippen LogP contribution in [0.4, 0.5) is 0 Å². The van der Waals surface area contributed by atoms with Gasteiger partial charge in [0.25, 0.3) is 0 Å². The first-order valence-electron chi connectivity index (χ1n) is 6.45. The standard InChI is InChI=1S/C15H17N3O2/c1-2-20-13-6-4-3-5-12(13)7-8-15(19)18-11-14-16-9-10-17-14/h3-10H,2,11H2,1H3,(H,16,17)(H,18,19). The van der Waals surface area contributed by atoms with Crippen LogP contribution in [0.25, 0.3) is 6.08 Å². The number of carbonyl (C=O) groups is 1. The van der Waals surface area contributed by atoms with Gasteiger partial charge in [-0.15, -0.1) is 0 Å². The summed E-state index contributed by atoms with van der Waals surface area (Å²) in [6, 6.07) is 7.59. The van der Waals surface area contributed by atoms with Crippen LogP contribution in [0.5, 0.6) is 5.75 Å². The van der Waals surface area contributed by atoms with Crippen LogP contribution in [-0.2, 0) is 11.3 Å². The van der Waals surface area contributed by atoms with E-state index in [0.29, 0.717) is 13.2 Å². The molecule has 0 unspecified atom stereocenters. The lowest BCUT2D eigenvalue weighted by Gasteiger charge is -2.06. The highest BCUT2D eigenvalue weighted by atomic mass is 16.5. The third-order valence-electron chi connectivity index (χ3n) is 2.62. The molecule has 1 amide bonds. The van der Waals surface area contributed by atoms with Crippen molar-refractivity contribution in [2.24, 2.45) is 0 Å². The molecule has 2 rings (SSSR count). The number of aromatic nitrogens is 2. The van der Waals surface area contributed by atoms with Crippen molar-refractivity contribution in [3.63, 3.8) is 0 Å². The summed E-state index contributed by atoms with van der Waals surface area (Å²) in [5, 5.41) is 2.75. The van der Waals surface area contributed by atoms with Crippen molar-refractivity contribution in [3.8, 4) is 5.75 Å². The van der Waals surface area contributed by atoms with Gasteiger partial charge in [-0.25, -0.2) is 4.98 Å². The fourth-order valence-corrected chi connectivity index (χ4v) is 1.70. The maximum atomic E-state index is 11.7. The molecule has 0 bridgehead atoms. The fourth-order valence-electron chi connectivity index (χ4n) is 1.70. The Hall–Kier alpha value is -2.56. The molecule has 20 heavy (non-hydrogen) atoms. The maximum absolute atomic E-state index is 11.7. The second kappa shape index (κ2) is 7.13. The molecule has 0 spiro atoms. The molecule has 0 atom stereocenters. The Morgan fingerprint density at radius 1 is 1.45 bits per heavy atom. The summed E-state index contributed by atoms with van der Waals surface area (Å²) in [5.41, 5.74) is 0.877. The van der Waals surface area contributed by atoms with Crippen LogP contribution >= 0.6 is 0 Å². The highest BCUT2D eigenvalue weighted by Gasteiger charge is 2.01. The number of H-pyrrole nitrogens is 1. The molecular weight excluding hydrogens is 254 g/mol. The van der Waals surface area contributed by atoms with Gasteiger partial charge in [0.1, 0.15) is 11.6 Å². The van der Waals surface area contributed by atoms with Crippen LogP contribution in [-0.4, -0.2) is 22.5 Å². The normalized spacial score (nSPS) is 10.7. The van der Waals surface area contributed by atoms with E-state index >= 15 is 0 Å². The van der Waals surface area contributed by atoms with Gasteiger partial charge in [0.05, 0.1) is 13.2 Å². The lowest BCUT2D eigenvalue weighted by molar-refractivity contribution is -0.116. The Morgan fingerprint density at radius 3 is 3.05 bits per heavy atom. The van der Waals surface area contributed by atoms with Crippen molar-refractivity contribution in [3.05, 3.63) is 54.1 Å². The summed E-state index contributed by atoms with van der Waals surface area (Å²) in [7, 11) is 0. The molecule has 0 saturated carbocycles. The average molecular weight is 271 g/mol. The van der Waals surface area contributed by atoms with Crippen molar-refractivity contribution in [2.45, 2.75) is 13.5 Å². The fraction of sp³-hybridized carbons (Fsp3) is 0.200. The summed E-state index contributed by atoms with van der Waals surface area (Å²) in [6.45, 7) is 2.90. The average Bonchev–Trinajstić information content (AvgIpc) is 2.98. The Bertz CT molecular complexity index is 577. The van der Waals surface area contributed by atoms with E-state index in [1.165, 1.54) is 6.08 Å². The van der Waals surface area contributed by atoms with Gasteiger partial charge in [0.2, 0.25) is 5.91 Å². The molecule has 0 aliphatic heterocycles. The largest absolute Gasteiger partial charge is 0.493 e. The summed E-state index contributed by atoms with van der Waals surface area (Å²) >= 11 is 0. The summed E-state index contributed by atoms with van der Waals surface area (Å²) < 4.78 is 5.49. The van der Waals surface area contributed by atoms with Gasteiger partial charge in [-0.1, -0.05) is 18.2 Å². The van der Waals surface area contributed by atoms with Crippen LogP contribution < -0.4 is 10.1 Å². The summed E-state index contributed by atoms with van der Waals surface area (Å²) in [4.78, 5) is 18.7. The van der Waals surface area contributed by atoms with Gasteiger partial charge in [-0.05, 0) is 19.1 Å². The minimum absolute atomic E-state index is 0.173. The Balaban J connectivity index is 1.93. The summed E-state index contributed by atoms with van der Waals surface area (Å²) in [6.07, 6.45) is 6.59. The minimum atomic E-state index is -0.173. The van der Waals surface area contributed by atoms with E-state index in [1.54, 1.807) is 18.5 Å². The van der Waals surface area contributed by atoms with Crippen LogP contribution in [0.15, 0.2) is 42.7 Å². The van der Waals surface area contributed by atoms with Crippen molar-refractivity contribution < 1.29 is 9.53 Å². The quantitative estimate of drug-likeness (QED) is 0.791. The topological polar surface area (TPSA) is 67.0 Å². The maximum Gasteiger partial charge on any atom is 0.244 e. The van der Waals surface area contributed by atoms with Gasteiger partial charge in [-0.2, -0.15) is 0 Å². The number of ether oxygens (including phenoxy) is 1. The van der Waals surface area contributed by atoms with E-state index in [2.05, 4.69) is 15.3 Å². The van der Waals surface area contributed by atoms with Crippen molar-refractivity contribution in [2.75, 3.05) is 6.61 Å². The molecule has 2 aromatic rings. The van der Waals surface area contributed by atoms with Crippen molar-refractivity contribution in [1.29, 1.82) is 0 Å². The molecule has 0 fully saturated rings. The lowest BCUT2D eigenvalue weighted by atomic mass is 10.2. The smallest absolute Gasteiger partial charge is 0.244 e. The lowest BCUT2D eigenvalue weighted by Crippen LogP contribution is -2.20. The SMILES string of the molecule is CCOc1ccccc1C=CC(=O)NCc1ncc[nH]1. The Kier molecular flexibility index (Phi) is 4.94. The molecule has 0 aliphatic carbocycles. The highest BCUT2D eigenvalue weighted by molar-refractivity contribution is 5.92. The summed E-state index contributed by atoms with van der Waals surface area (Å²) in [5.74, 6) is 1.32. The van der Waals surface area contributed by atoms with E-state index in [4.69, 9.17) is 4.74 Å². The van der Waals surface area contributed by atoms with Crippen molar-refractivity contribution in [1.82, 2.24) is 15.3 Å². The van der Waals surface area contributed by atoms with Gasteiger partial charge in [-0.3, -0.25) is 4.79 Å². The zero-order chi connectivity index (χ0) is 14.2. The van der Waals surface area contributed by atoms with Crippen LogP contribution in [0.1, 0.15) is 18.3 Å². The molecule has 0 radical (unpaired) electrons.